The molecule has 0 radical (unpaired) electrons. The van der Waals surface area contributed by atoms with Crippen molar-refractivity contribution in [1.82, 2.24) is 0 Å². The van der Waals surface area contributed by atoms with E-state index >= 15 is 0 Å². The van der Waals surface area contributed by atoms with Crippen molar-refractivity contribution in [3.05, 3.63) is 0 Å². The van der Waals surface area contributed by atoms with Crippen LogP contribution in [0.2, 0.25) is 0 Å². The second-order valence-electron chi connectivity index (χ2n) is 4.07. The fraction of sp³-hybridized carbons (Fsp3) is 1.00. The van der Waals surface area contributed by atoms with Crippen molar-refractivity contribution in [2.45, 2.75) is 65.2 Å². The number of thiol groups is 1. The van der Waals surface area contributed by atoms with Gasteiger partial charge in [-0.05, 0) is 24.3 Å². The summed E-state index contributed by atoms with van der Waals surface area (Å²) in [7, 11) is 0. The fourth-order valence-electron chi connectivity index (χ4n) is 1.55. The van der Waals surface area contributed by atoms with Gasteiger partial charge in [0.25, 0.3) is 0 Å². The second kappa shape index (κ2) is 11.4. The van der Waals surface area contributed by atoms with E-state index in [1.54, 1.807) is 0 Å². The molecule has 0 heterocycles. The maximum atomic E-state index is 9.71. The van der Waals surface area contributed by atoms with Crippen LogP contribution in [0.5, 0.6) is 0 Å². The van der Waals surface area contributed by atoms with Gasteiger partial charge in [-0.3, -0.25) is 0 Å². The Labute approximate surface area is 92.8 Å². The topological polar surface area (TPSA) is 20.2 Å². The average molecular weight is 220 g/mol. The van der Waals surface area contributed by atoms with Gasteiger partial charge in [0.15, 0.2) is 0 Å². The normalized spacial score (nSPS) is 11.8. The van der Waals surface area contributed by atoms with E-state index in [0.717, 1.165) is 11.5 Å². The maximum Gasteiger partial charge on any atom is -0.00383 e. The quantitative estimate of drug-likeness (QED) is 0.406. The highest BCUT2D eigenvalue weighted by molar-refractivity contribution is 8.11. The Morgan fingerprint density at radius 1 is 0.714 bits per heavy atom. The monoisotopic (exact) mass is 220 g/mol. The fourth-order valence-corrected chi connectivity index (χ4v) is 2.95. The molecule has 0 fully saturated rings. The molecule has 0 unspecified atom stereocenters. The first-order valence-electron chi connectivity index (χ1n) is 6.25. The summed E-state index contributed by atoms with van der Waals surface area (Å²) in [6.07, 6.45) is 10.3. The Morgan fingerprint density at radius 3 is 1.50 bits per heavy atom. The molecule has 1 N–H and O–H groups in total. The van der Waals surface area contributed by atoms with Crippen LogP contribution in [0.15, 0.2) is 0 Å². The predicted molar refractivity (Wildman–Crippen MR) is 69.6 cm³/mol. The summed E-state index contributed by atoms with van der Waals surface area (Å²) in [6.45, 7) is 4.46. The van der Waals surface area contributed by atoms with E-state index in [-0.39, 0.29) is 0 Å². The lowest BCUT2D eigenvalue weighted by Gasteiger charge is -2.13. The molecule has 0 aliphatic heterocycles. The third kappa shape index (κ3) is 10.4. The van der Waals surface area contributed by atoms with Crippen LogP contribution in [-0.2, 0) is 0 Å². The molecule has 0 aromatic carbocycles. The first-order chi connectivity index (χ1) is 6.81. The summed E-state index contributed by atoms with van der Waals surface area (Å²) in [5, 5.41) is 0. The molecule has 0 aromatic heterocycles. The van der Waals surface area contributed by atoms with Crippen molar-refractivity contribution < 1.29 is 4.55 Å². The van der Waals surface area contributed by atoms with Crippen LogP contribution in [0.1, 0.15) is 65.2 Å². The molecule has 0 amide bonds. The Kier molecular flexibility index (Phi) is 11.6. The van der Waals surface area contributed by atoms with Crippen molar-refractivity contribution in [2.24, 2.45) is 0 Å². The largest absolute Gasteiger partial charge is 0.354 e. The summed E-state index contributed by atoms with van der Waals surface area (Å²) in [5.41, 5.74) is 0. The third-order valence-corrected chi connectivity index (χ3v) is 4.20. The predicted octanol–water partition coefficient (Wildman–Crippen LogP) is 4.62. The van der Waals surface area contributed by atoms with Crippen LogP contribution in [0.3, 0.4) is 0 Å². The van der Waals surface area contributed by atoms with Gasteiger partial charge in [0.05, 0.1) is 0 Å². The lowest BCUT2D eigenvalue weighted by molar-refractivity contribution is 0.623. The van der Waals surface area contributed by atoms with Gasteiger partial charge in [-0.1, -0.05) is 52.4 Å². The summed E-state index contributed by atoms with van der Waals surface area (Å²) in [5.74, 6) is 2.17. The molecule has 0 rings (SSSR count). The lowest BCUT2D eigenvalue weighted by atomic mass is 10.2. The van der Waals surface area contributed by atoms with Crippen molar-refractivity contribution in [2.75, 3.05) is 11.5 Å². The van der Waals surface area contributed by atoms with E-state index < -0.39 is 11.2 Å². The standard InChI is InChI=1S/C12H28OS/c1-3-5-7-9-11-14(13)12-10-8-6-4-2/h13-14H,3-12H2,1-2H3. The molecule has 0 bridgehead atoms. The van der Waals surface area contributed by atoms with Crippen molar-refractivity contribution in [3.8, 4) is 0 Å². The number of unbranched alkanes of at least 4 members (excludes halogenated alkanes) is 6. The lowest BCUT2D eigenvalue weighted by Crippen LogP contribution is -1.94. The molecule has 0 aromatic rings. The molecule has 14 heavy (non-hydrogen) atoms. The van der Waals surface area contributed by atoms with Gasteiger partial charge in [0.2, 0.25) is 0 Å². The molecule has 0 saturated heterocycles. The van der Waals surface area contributed by atoms with Crippen LogP contribution in [-0.4, -0.2) is 16.1 Å². The smallest absolute Gasteiger partial charge is 0.00383 e. The van der Waals surface area contributed by atoms with Gasteiger partial charge < -0.3 is 4.55 Å². The molecular weight excluding hydrogens is 192 g/mol. The van der Waals surface area contributed by atoms with Crippen molar-refractivity contribution >= 4 is 11.2 Å². The minimum atomic E-state index is -0.614. The first kappa shape index (κ1) is 14.3. The molecule has 88 valence electrons. The zero-order chi connectivity index (χ0) is 10.6. The minimum Gasteiger partial charge on any atom is -0.354 e. The minimum absolute atomic E-state index is 0.614. The highest BCUT2D eigenvalue weighted by Crippen LogP contribution is 2.23. The molecule has 1 nitrogen and oxygen atoms in total. The van der Waals surface area contributed by atoms with Crippen LogP contribution >= 0.6 is 11.2 Å². The summed E-state index contributed by atoms with van der Waals surface area (Å²) < 4.78 is 9.71. The Morgan fingerprint density at radius 2 is 1.14 bits per heavy atom. The Balaban J connectivity index is 3.07. The van der Waals surface area contributed by atoms with E-state index in [2.05, 4.69) is 13.8 Å². The summed E-state index contributed by atoms with van der Waals surface area (Å²) in [6, 6.07) is 0. The van der Waals surface area contributed by atoms with Crippen LogP contribution in [0.25, 0.3) is 0 Å². The third-order valence-electron chi connectivity index (χ3n) is 2.54. The van der Waals surface area contributed by atoms with Gasteiger partial charge >= 0.3 is 0 Å². The van der Waals surface area contributed by atoms with Gasteiger partial charge in [-0.25, -0.2) is 0 Å². The second-order valence-corrected chi connectivity index (χ2v) is 5.98. The van der Waals surface area contributed by atoms with E-state index in [1.807, 2.05) is 0 Å². The summed E-state index contributed by atoms with van der Waals surface area (Å²) in [4.78, 5) is 0. The number of hydrogen-bond donors (Lipinski definition) is 2. The Hall–Kier alpha value is 0.310. The first-order valence-corrected chi connectivity index (χ1v) is 7.91. The molecular formula is C12H28OS. The molecule has 2 heteroatoms. The van der Waals surface area contributed by atoms with E-state index in [9.17, 15) is 4.55 Å². The molecule has 0 aliphatic carbocycles. The average Bonchev–Trinajstić information content (AvgIpc) is 2.19. The molecule has 0 aliphatic rings. The number of hydrogen-bond acceptors (Lipinski definition) is 1. The molecule has 0 atom stereocenters. The maximum absolute atomic E-state index is 9.71. The van der Waals surface area contributed by atoms with Gasteiger partial charge in [-0.2, -0.15) is 11.2 Å². The zero-order valence-electron chi connectivity index (χ0n) is 9.97. The van der Waals surface area contributed by atoms with E-state index in [0.29, 0.717) is 0 Å². The van der Waals surface area contributed by atoms with Crippen molar-refractivity contribution in [3.63, 3.8) is 0 Å². The molecule has 0 saturated carbocycles. The van der Waals surface area contributed by atoms with Crippen LogP contribution < -0.4 is 0 Å². The summed E-state index contributed by atoms with van der Waals surface area (Å²) >= 11 is -0.614. The zero-order valence-corrected chi connectivity index (χ0v) is 10.9. The van der Waals surface area contributed by atoms with Gasteiger partial charge in [-0.15, -0.1) is 0 Å². The highest BCUT2D eigenvalue weighted by atomic mass is 32.2. The van der Waals surface area contributed by atoms with Crippen LogP contribution in [0, 0.1) is 0 Å². The van der Waals surface area contributed by atoms with E-state index in [1.165, 1.54) is 51.4 Å². The van der Waals surface area contributed by atoms with Gasteiger partial charge in [0.1, 0.15) is 0 Å². The Bertz CT molecular complexity index is 94.5. The van der Waals surface area contributed by atoms with Crippen LogP contribution in [0.4, 0.5) is 0 Å². The highest BCUT2D eigenvalue weighted by Gasteiger charge is 1.98. The van der Waals surface area contributed by atoms with Crippen molar-refractivity contribution in [1.29, 1.82) is 0 Å². The van der Waals surface area contributed by atoms with Gasteiger partial charge in [0, 0.05) is 0 Å². The number of rotatable bonds is 10. The SMILES string of the molecule is CCCCCC[SH](O)CCCCCC. The van der Waals surface area contributed by atoms with E-state index in [4.69, 9.17) is 0 Å². The molecule has 0 spiro atoms.